The van der Waals surface area contributed by atoms with Gasteiger partial charge in [-0.3, -0.25) is 4.99 Å². The number of rotatable bonds is 5. The Morgan fingerprint density at radius 3 is 2.70 bits per heavy atom. The fourth-order valence-electron chi connectivity index (χ4n) is 3.04. The van der Waals surface area contributed by atoms with Crippen LogP contribution in [0.1, 0.15) is 36.6 Å². The van der Waals surface area contributed by atoms with E-state index < -0.39 is 0 Å². The highest BCUT2D eigenvalue weighted by molar-refractivity contribution is 14.0. The van der Waals surface area contributed by atoms with Crippen LogP contribution in [0, 0.1) is 19.8 Å². The van der Waals surface area contributed by atoms with Gasteiger partial charge in [-0.05, 0) is 45.6 Å². The quantitative estimate of drug-likeness (QED) is 0.423. The smallest absolute Gasteiger partial charge is 0.214 e. The molecule has 7 heteroatoms. The average Bonchev–Trinajstić information content (AvgIpc) is 3.17. The second kappa shape index (κ2) is 8.32. The lowest BCUT2D eigenvalue weighted by Gasteiger charge is -2.16. The molecule has 1 saturated heterocycles. The Labute approximate surface area is 155 Å². The van der Waals surface area contributed by atoms with Gasteiger partial charge < -0.3 is 20.0 Å². The summed E-state index contributed by atoms with van der Waals surface area (Å²) in [4.78, 5) is 11.3. The predicted octanol–water partition coefficient (Wildman–Crippen LogP) is 2.06. The molecule has 0 aromatic carbocycles. The third-order valence-corrected chi connectivity index (χ3v) is 4.64. The van der Waals surface area contributed by atoms with Crippen molar-refractivity contribution in [2.24, 2.45) is 10.9 Å². The Bertz CT molecular complexity index is 521. The minimum absolute atomic E-state index is 0. The number of aryl methyl sites for hydroxylation is 2. The van der Waals surface area contributed by atoms with Crippen molar-refractivity contribution in [3.8, 4) is 0 Å². The van der Waals surface area contributed by atoms with Gasteiger partial charge in [0, 0.05) is 26.2 Å². The molecule has 130 valence electrons. The Morgan fingerprint density at radius 2 is 2.09 bits per heavy atom. The molecule has 6 nitrogen and oxygen atoms in total. The van der Waals surface area contributed by atoms with Gasteiger partial charge >= 0.3 is 0 Å². The number of guanidine groups is 1. The van der Waals surface area contributed by atoms with E-state index in [9.17, 15) is 0 Å². The Hall–Kier alpha value is -0.830. The number of likely N-dealkylation sites (tertiary alicyclic amines) is 1. The van der Waals surface area contributed by atoms with Crippen LogP contribution in [0.15, 0.2) is 9.41 Å². The zero-order valence-electron chi connectivity index (χ0n) is 14.3. The minimum Gasteiger partial charge on any atom is -0.444 e. The van der Waals surface area contributed by atoms with Crippen molar-refractivity contribution in [2.45, 2.75) is 45.7 Å². The molecule has 2 heterocycles. The summed E-state index contributed by atoms with van der Waals surface area (Å²) >= 11 is 0. The number of hydrogen-bond donors (Lipinski definition) is 2. The van der Waals surface area contributed by atoms with E-state index in [-0.39, 0.29) is 24.0 Å². The van der Waals surface area contributed by atoms with Gasteiger partial charge in [0.1, 0.15) is 5.76 Å². The van der Waals surface area contributed by atoms with Crippen LogP contribution in [0.25, 0.3) is 0 Å². The fraction of sp³-hybridized carbons (Fsp3) is 0.750. The highest BCUT2D eigenvalue weighted by Crippen LogP contribution is 2.31. The number of nitrogens with zero attached hydrogens (tertiary/aromatic N) is 3. The second-order valence-electron chi connectivity index (χ2n) is 6.44. The molecule has 0 bridgehead atoms. The fourth-order valence-corrected chi connectivity index (χ4v) is 3.04. The highest BCUT2D eigenvalue weighted by Gasteiger charge is 2.34. The number of hydrogen-bond acceptors (Lipinski definition) is 4. The van der Waals surface area contributed by atoms with Crippen LogP contribution in [0.2, 0.25) is 0 Å². The molecule has 1 atom stereocenters. The van der Waals surface area contributed by atoms with Gasteiger partial charge in [0.15, 0.2) is 5.96 Å². The first kappa shape index (κ1) is 18.5. The molecule has 1 aliphatic heterocycles. The van der Waals surface area contributed by atoms with Gasteiger partial charge in [0.05, 0.1) is 12.2 Å². The predicted molar refractivity (Wildman–Crippen MR) is 102 cm³/mol. The van der Waals surface area contributed by atoms with E-state index >= 15 is 0 Å². The third kappa shape index (κ3) is 5.07. The molecule has 0 amide bonds. The molecule has 1 aromatic rings. The Balaban J connectivity index is 0.00000192. The van der Waals surface area contributed by atoms with Crippen LogP contribution in [-0.4, -0.2) is 48.6 Å². The number of nitrogens with one attached hydrogen (secondary N) is 2. The molecular formula is C16H28IN5O. The molecule has 0 spiro atoms. The van der Waals surface area contributed by atoms with E-state index in [0.717, 1.165) is 35.9 Å². The van der Waals surface area contributed by atoms with E-state index in [0.29, 0.717) is 12.4 Å². The van der Waals surface area contributed by atoms with Crippen molar-refractivity contribution in [3.63, 3.8) is 0 Å². The summed E-state index contributed by atoms with van der Waals surface area (Å²) in [6.07, 6.45) is 4.09. The largest absolute Gasteiger partial charge is 0.444 e. The Morgan fingerprint density at radius 1 is 1.30 bits per heavy atom. The van der Waals surface area contributed by atoms with Crippen molar-refractivity contribution >= 4 is 29.9 Å². The molecule has 2 fully saturated rings. The van der Waals surface area contributed by atoms with Gasteiger partial charge in [-0.2, -0.15) is 0 Å². The minimum atomic E-state index is 0. The van der Waals surface area contributed by atoms with E-state index in [1.54, 1.807) is 7.05 Å². The zero-order valence-corrected chi connectivity index (χ0v) is 16.6. The number of oxazole rings is 1. The molecule has 2 N–H and O–H groups in total. The van der Waals surface area contributed by atoms with Gasteiger partial charge in [0.25, 0.3) is 0 Å². The number of aliphatic imine (C=N–C) groups is 1. The Kier molecular flexibility index (Phi) is 6.70. The summed E-state index contributed by atoms with van der Waals surface area (Å²) in [5, 5.41) is 6.69. The molecular weight excluding hydrogens is 405 g/mol. The summed E-state index contributed by atoms with van der Waals surface area (Å²) in [7, 11) is 1.80. The van der Waals surface area contributed by atoms with Crippen molar-refractivity contribution < 1.29 is 4.42 Å². The second-order valence-corrected chi connectivity index (χ2v) is 6.44. The molecule has 1 aliphatic carbocycles. The van der Waals surface area contributed by atoms with Crippen LogP contribution in [0.5, 0.6) is 0 Å². The molecule has 23 heavy (non-hydrogen) atoms. The van der Waals surface area contributed by atoms with Crippen LogP contribution in [0.3, 0.4) is 0 Å². The molecule has 1 aromatic heterocycles. The number of aromatic nitrogens is 1. The van der Waals surface area contributed by atoms with E-state index in [2.05, 4.69) is 25.5 Å². The third-order valence-electron chi connectivity index (χ3n) is 4.64. The molecule has 0 radical (unpaired) electrons. The molecule has 3 rings (SSSR count). The maximum Gasteiger partial charge on any atom is 0.214 e. The van der Waals surface area contributed by atoms with Crippen LogP contribution >= 0.6 is 24.0 Å². The van der Waals surface area contributed by atoms with Crippen molar-refractivity contribution in [1.29, 1.82) is 0 Å². The summed E-state index contributed by atoms with van der Waals surface area (Å²) in [6, 6.07) is 0.888. The monoisotopic (exact) mass is 433 g/mol. The first-order valence-corrected chi connectivity index (χ1v) is 8.27. The van der Waals surface area contributed by atoms with E-state index in [1.165, 1.54) is 32.4 Å². The summed E-state index contributed by atoms with van der Waals surface area (Å²) < 4.78 is 5.57. The zero-order chi connectivity index (χ0) is 15.5. The molecule has 2 aliphatic rings. The van der Waals surface area contributed by atoms with Crippen LogP contribution < -0.4 is 10.6 Å². The summed E-state index contributed by atoms with van der Waals surface area (Å²) in [6.45, 7) is 7.93. The van der Waals surface area contributed by atoms with Gasteiger partial charge in [0.2, 0.25) is 5.89 Å². The van der Waals surface area contributed by atoms with Crippen LogP contribution in [-0.2, 0) is 6.54 Å². The lowest BCUT2D eigenvalue weighted by atomic mass is 10.1. The van der Waals surface area contributed by atoms with Gasteiger partial charge in [-0.15, -0.1) is 24.0 Å². The molecule has 1 unspecified atom stereocenters. The SMILES string of the molecule is CN=C(NCc1nc(C)c(C)o1)NCC1CCN(C2CC2)C1.I. The van der Waals surface area contributed by atoms with Crippen molar-refractivity contribution in [2.75, 3.05) is 26.7 Å². The van der Waals surface area contributed by atoms with Crippen LogP contribution in [0.4, 0.5) is 0 Å². The highest BCUT2D eigenvalue weighted by atomic mass is 127. The van der Waals surface area contributed by atoms with Gasteiger partial charge in [-0.1, -0.05) is 0 Å². The first-order valence-electron chi connectivity index (χ1n) is 8.27. The number of halogens is 1. The topological polar surface area (TPSA) is 65.7 Å². The van der Waals surface area contributed by atoms with Gasteiger partial charge in [-0.25, -0.2) is 4.98 Å². The molecule has 1 saturated carbocycles. The van der Waals surface area contributed by atoms with E-state index in [1.807, 2.05) is 13.8 Å². The first-order chi connectivity index (χ1) is 10.7. The van der Waals surface area contributed by atoms with Crippen molar-refractivity contribution in [1.82, 2.24) is 20.5 Å². The lowest BCUT2D eigenvalue weighted by Crippen LogP contribution is -2.40. The average molecular weight is 433 g/mol. The normalized spacial score (nSPS) is 22.0. The maximum atomic E-state index is 5.57. The van der Waals surface area contributed by atoms with Crippen molar-refractivity contribution in [3.05, 3.63) is 17.3 Å². The lowest BCUT2D eigenvalue weighted by molar-refractivity contribution is 0.314. The maximum absolute atomic E-state index is 5.57. The summed E-state index contributed by atoms with van der Waals surface area (Å²) in [5.74, 6) is 3.13. The standard InChI is InChI=1S/C16H27N5O.HI/c1-11-12(2)22-15(20-11)9-19-16(17-3)18-8-13-6-7-21(10-13)14-4-5-14;/h13-14H,4-10H2,1-3H3,(H2,17,18,19);1H. The van der Waals surface area contributed by atoms with E-state index in [4.69, 9.17) is 4.42 Å². The summed E-state index contributed by atoms with van der Waals surface area (Å²) in [5.41, 5.74) is 0.950.